The second-order valence-corrected chi connectivity index (χ2v) is 6.07. The van der Waals surface area contributed by atoms with Gasteiger partial charge in [-0.1, -0.05) is 60.7 Å². The number of hydrogen-bond acceptors (Lipinski definition) is 3. The van der Waals surface area contributed by atoms with Crippen LogP contribution in [0, 0.1) is 5.92 Å². The first kappa shape index (κ1) is 15.7. The number of nitrogens with zero attached hydrogens (tertiary/aromatic N) is 1. The molecule has 0 radical (unpaired) electrons. The summed E-state index contributed by atoms with van der Waals surface area (Å²) in [6.45, 7) is 1.29. The molecular formula is C19H21NO3. The van der Waals surface area contributed by atoms with Crippen molar-refractivity contribution >= 4 is 5.97 Å². The summed E-state index contributed by atoms with van der Waals surface area (Å²) in [6.07, 6.45) is 0. The summed E-state index contributed by atoms with van der Waals surface area (Å²) in [7, 11) is 0. The highest BCUT2D eigenvalue weighted by Gasteiger charge is 2.39. The summed E-state index contributed by atoms with van der Waals surface area (Å²) < 4.78 is 0. The van der Waals surface area contributed by atoms with E-state index in [1.807, 2.05) is 53.4 Å². The summed E-state index contributed by atoms with van der Waals surface area (Å²) in [5.41, 5.74) is 1.94. The molecule has 0 amide bonds. The van der Waals surface area contributed by atoms with Gasteiger partial charge in [-0.25, -0.2) is 0 Å². The van der Waals surface area contributed by atoms with Gasteiger partial charge < -0.3 is 10.2 Å². The SMILES string of the molecule is O=C(O)[C@H](c1ccccc1)N1C[C@@H](CO)[C@@H](c2ccccc2)C1. The summed E-state index contributed by atoms with van der Waals surface area (Å²) in [5, 5.41) is 19.4. The van der Waals surface area contributed by atoms with Crippen molar-refractivity contribution in [3.63, 3.8) is 0 Å². The molecule has 4 heteroatoms. The third kappa shape index (κ3) is 3.28. The first-order valence-corrected chi connectivity index (χ1v) is 7.88. The Balaban J connectivity index is 1.87. The normalized spacial score (nSPS) is 22.8. The number of carboxylic acid groups (broad SMARTS) is 1. The quantitative estimate of drug-likeness (QED) is 0.891. The average molecular weight is 311 g/mol. The van der Waals surface area contributed by atoms with Crippen LogP contribution in [0.1, 0.15) is 23.1 Å². The molecule has 0 aromatic heterocycles. The molecule has 2 N–H and O–H groups in total. The fourth-order valence-electron chi connectivity index (χ4n) is 3.52. The number of carbonyl (C=O) groups is 1. The number of aliphatic hydroxyl groups is 1. The Morgan fingerprint density at radius 3 is 2.22 bits per heavy atom. The fourth-order valence-corrected chi connectivity index (χ4v) is 3.52. The number of hydrogen-bond donors (Lipinski definition) is 2. The molecule has 1 heterocycles. The topological polar surface area (TPSA) is 60.8 Å². The zero-order valence-electron chi connectivity index (χ0n) is 12.9. The lowest BCUT2D eigenvalue weighted by Crippen LogP contribution is -2.32. The van der Waals surface area contributed by atoms with E-state index in [-0.39, 0.29) is 18.4 Å². The van der Waals surface area contributed by atoms with E-state index in [1.165, 1.54) is 0 Å². The Hall–Kier alpha value is -2.17. The van der Waals surface area contributed by atoms with Crippen LogP contribution in [0.5, 0.6) is 0 Å². The van der Waals surface area contributed by atoms with Crippen LogP contribution >= 0.6 is 0 Å². The molecular weight excluding hydrogens is 290 g/mol. The number of benzene rings is 2. The number of aliphatic carboxylic acids is 1. The molecule has 3 rings (SSSR count). The second-order valence-electron chi connectivity index (χ2n) is 6.07. The molecule has 0 aliphatic carbocycles. The van der Waals surface area contributed by atoms with Crippen LogP contribution in [-0.4, -0.2) is 40.8 Å². The lowest BCUT2D eigenvalue weighted by molar-refractivity contribution is -0.143. The smallest absolute Gasteiger partial charge is 0.325 e. The Labute approximate surface area is 136 Å². The van der Waals surface area contributed by atoms with Crippen LogP contribution in [0.15, 0.2) is 60.7 Å². The summed E-state index contributed by atoms with van der Waals surface area (Å²) in [4.78, 5) is 13.8. The van der Waals surface area contributed by atoms with Gasteiger partial charge in [-0.2, -0.15) is 0 Å². The molecule has 23 heavy (non-hydrogen) atoms. The molecule has 2 aromatic rings. The molecule has 1 saturated heterocycles. The molecule has 1 aliphatic heterocycles. The van der Waals surface area contributed by atoms with Crippen molar-refractivity contribution in [1.82, 2.24) is 4.90 Å². The monoisotopic (exact) mass is 311 g/mol. The average Bonchev–Trinajstić information content (AvgIpc) is 3.00. The highest BCUT2D eigenvalue weighted by Crippen LogP contribution is 2.37. The molecule has 2 aromatic carbocycles. The molecule has 0 spiro atoms. The first-order valence-electron chi connectivity index (χ1n) is 7.88. The minimum atomic E-state index is -0.846. The highest BCUT2D eigenvalue weighted by atomic mass is 16.4. The number of likely N-dealkylation sites (tertiary alicyclic amines) is 1. The zero-order valence-corrected chi connectivity index (χ0v) is 12.9. The largest absolute Gasteiger partial charge is 0.480 e. The van der Waals surface area contributed by atoms with Crippen molar-refractivity contribution in [2.75, 3.05) is 19.7 Å². The van der Waals surface area contributed by atoms with Crippen LogP contribution in [0.3, 0.4) is 0 Å². The Morgan fingerprint density at radius 1 is 1.04 bits per heavy atom. The van der Waals surface area contributed by atoms with Gasteiger partial charge in [0.25, 0.3) is 0 Å². The van der Waals surface area contributed by atoms with Crippen LogP contribution < -0.4 is 0 Å². The van der Waals surface area contributed by atoms with Crippen molar-refractivity contribution in [2.45, 2.75) is 12.0 Å². The molecule has 0 unspecified atom stereocenters. The lowest BCUT2D eigenvalue weighted by atomic mass is 9.90. The maximum atomic E-state index is 11.8. The van der Waals surface area contributed by atoms with Crippen molar-refractivity contribution in [3.05, 3.63) is 71.8 Å². The van der Waals surface area contributed by atoms with Gasteiger partial charge in [0.15, 0.2) is 0 Å². The number of rotatable bonds is 5. The van der Waals surface area contributed by atoms with Crippen LogP contribution in [0.2, 0.25) is 0 Å². The fraction of sp³-hybridized carbons (Fsp3) is 0.316. The molecule has 4 nitrogen and oxygen atoms in total. The van der Waals surface area contributed by atoms with Crippen molar-refractivity contribution in [3.8, 4) is 0 Å². The minimum absolute atomic E-state index is 0.0583. The third-order valence-corrected chi connectivity index (χ3v) is 4.65. The van der Waals surface area contributed by atoms with Crippen molar-refractivity contribution in [2.24, 2.45) is 5.92 Å². The highest BCUT2D eigenvalue weighted by molar-refractivity contribution is 5.75. The van der Waals surface area contributed by atoms with Crippen LogP contribution in [-0.2, 0) is 4.79 Å². The van der Waals surface area contributed by atoms with Crippen LogP contribution in [0.4, 0.5) is 0 Å². The molecule has 120 valence electrons. The van der Waals surface area contributed by atoms with Crippen molar-refractivity contribution in [1.29, 1.82) is 0 Å². The summed E-state index contributed by atoms with van der Waals surface area (Å²) in [6, 6.07) is 18.7. The molecule has 0 saturated carbocycles. The van der Waals surface area contributed by atoms with E-state index in [4.69, 9.17) is 0 Å². The lowest BCUT2D eigenvalue weighted by Gasteiger charge is -2.24. The van der Waals surface area contributed by atoms with Gasteiger partial charge in [0.1, 0.15) is 6.04 Å². The number of aliphatic hydroxyl groups excluding tert-OH is 1. The van der Waals surface area contributed by atoms with E-state index in [0.29, 0.717) is 13.1 Å². The van der Waals surface area contributed by atoms with Gasteiger partial charge in [0, 0.05) is 31.5 Å². The zero-order chi connectivity index (χ0) is 16.2. The van der Waals surface area contributed by atoms with Gasteiger partial charge in [-0.15, -0.1) is 0 Å². The molecule has 1 aliphatic rings. The maximum Gasteiger partial charge on any atom is 0.325 e. The van der Waals surface area contributed by atoms with Crippen molar-refractivity contribution < 1.29 is 15.0 Å². The Morgan fingerprint density at radius 2 is 1.65 bits per heavy atom. The maximum absolute atomic E-state index is 11.8. The van der Waals surface area contributed by atoms with E-state index in [2.05, 4.69) is 12.1 Å². The summed E-state index contributed by atoms with van der Waals surface area (Å²) in [5.74, 6) is -0.628. The third-order valence-electron chi connectivity index (χ3n) is 4.65. The van der Waals surface area contributed by atoms with E-state index >= 15 is 0 Å². The van der Waals surface area contributed by atoms with E-state index in [0.717, 1.165) is 11.1 Å². The standard InChI is InChI=1S/C19H21NO3/c21-13-16-11-20(12-17(16)14-7-3-1-4-8-14)18(19(22)23)15-9-5-2-6-10-15/h1-10,16-18,21H,11-13H2,(H,22,23)/t16-,17+,18-/m0/s1. The Kier molecular flexibility index (Phi) is 4.74. The molecule has 0 bridgehead atoms. The predicted octanol–water partition coefficient (Wildman–Crippen LogP) is 2.52. The van der Waals surface area contributed by atoms with Gasteiger partial charge in [-0.05, 0) is 11.1 Å². The molecule has 3 atom stereocenters. The first-order chi connectivity index (χ1) is 11.2. The second kappa shape index (κ2) is 6.94. The van der Waals surface area contributed by atoms with Gasteiger partial charge in [-0.3, -0.25) is 9.69 Å². The van der Waals surface area contributed by atoms with Gasteiger partial charge >= 0.3 is 5.97 Å². The predicted molar refractivity (Wildman–Crippen MR) is 88.2 cm³/mol. The van der Waals surface area contributed by atoms with Gasteiger partial charge in [0.2, 0.25) is 0 Å². The van der Waals surface area contributed by atoms with Crippen LogP contribution in [0.25, 0.3) is 0 Å². The van der Waals surface area contributed by atoms with Gasteiger partial charge in [0.05, 0.1) is 0 Å². The number of carboxylic acids is 1. The van der Waals surface area contributed by atoms with E-state index in [9.17, 15) is 15.0 Å². The minimum Gasteiger partial charge on any atom is -0.480 e. The summed E-state index contributed by atoms with van der Waals surface area (Å²) >= 11 is 0. The molecule has 1 fully saturated rings. The van der Waals surface area contributed by atoms with E-state index < -0.39 is 12.0 Å². The van der Waals surface area contributed by atoms with E-state index in [1.54, 1.807) is 0 Å². The Bertz CT molecular complexity index is 644.